The predicted octanol–water partition coefficient (Wildman–Crippen LogP) is 0.452. The maximum atomic E-state index is 11.8. The third-order valence-corrected chi connectivity index (χ3v) is 3.84. The van der Waals surface area contributed by atoms with Gasteiger partial charge in [0.2, 0.25) is 0 Å². The van der Waals surface area contributed by atoms with Gasteiger partial charge in [-0.3, -0.25) is 14.5 Å². The normalized spacial score (nSPS) is 18.6. The number of rotatable bonds is 7. The van der Waals surface area contributed by atoms with Crippen LogP contribution in [0.15, 0.2) is 34.6 Å². The van der Waals surface area contributed by atoms with Gasteiger partial charge in [-0.1, -0.05) is 18.6 Å². The van der Waals surface area contributed by atoms with Crippen LogP contribution in [0.25, 0.3) is 0 Å². The number of carbonyl (C=O) groups excluding carboxylic acids is 2. The number of allylic oxidation sites excluding steroid dienone is 2. The molecule has 0 bridgehead atoms. The van der Waals surface area contributed by atoms with Gasteiger partial charge in [0.1, 0.15) is 0 Å². The standard InChI is InChI=1S/C17H26N6O2/c1-15(19-21-17(25)14-23-10-6-3-7-11-23)12-18-20-16(24)13-22-8-4-2-5-9-22/h2,4-5,8,12H,3,6-7,9-11,13-14H2,1H3,(H,20,24)(H,21,25)/b18-12+,19-15+. The van der Waals surface area contributed by atoms with E-state index in [0.29, 0.717) is 18.8 Å². The van der Waals surface area contributed by atoms with E-state index in [4.69, 9.17) is 0 Å². The van der Waals surface area contributed by atoms with Crippen LogP contribution in [0.2, 0.25) is 0 Å². The second kappa shape index (κ2) is 10.4. The summed E-state index contributed by atoms with van der Waals surface area (Å²) in [5, 5.41) is 7.81. The van der Waals surface area contributed by atoms with E-state index in [1.165, 1.54) is 12.6 Å². The van der Waals surface area contributed by atoms with Crippen molar-refractivity contribution in [2.24, 2.45) is 10.2 Å². The summed E-state index contributed by atoms with van der Waals surface area (Å²) in [5.74, 6) is -0.346. The summed E-state index contributed by atoms with van der Waals surface area (Å²) in [6.45, 7) is 4.94. The first-order chi connectivity index (χ1) is 12.1. The van der Waals surface area contributed by atoms with Crippen molar-refractivity contribution in [1.29, 1.82) is 0 Å². The summed E-state index contributed by atoms with van der Waals surface area (Å²) in [5.41, 5.74) is 5.46. The van der Waals surface area contributed by atoms with Gasteiger partial charge < -0.3 is 4.90 Å². The summed E-state index contributed by atoms with van der Waals surface area (Å²) >= 11 is 0. The number of carbonyl (C=O) groups is 2. The van der Waals surface area contributed by atoms with Gasteiger partial charge in [0.25, 0.3) is 11.8 Å². The van der Waals surface area contributed by atoms with E-state index < -0.39 is 0 Å². The van der Waals surface area contributed by atoms with Crippen molar-refractivity contribution in [3.05, 3.63) is 24.4 Å². The van der Waals surface area contributed by atoms with Crippen LogP contribution in [0, 0.1) is 0 Å². The number of amides is 2. The van der Waals surface area contributed by atoms with Crippen LogP contribution in [0.3, 0.4) is 0 Å². The van der Waals surface area contributed by atoms with Crippen LogP contribution >= 0.6 is 0 Å². The molecule has 0 saturated carbocycles. The van der Waals surface area contributed by atoms with Crippen LogP contribution < -0.4 is 10.9 Å². The lowest BCUT2D eigenvalue weighted by Gasteiger charge is -2.25. The lowest BCUT2D eigenvalue weighted by molar-refractivity contribution is -0.122. The van der Waals surface area contributed by atoms with E-state index in [1.54, 1.807) is 6.92 Å². The van der Waals surface area contributed by atoms with Crippen molar-refractivity contribution in [2.45, 2.75) is 26.2 Å². The van der Waals surface area contributed by atoms with E-state index in [1.807, 2.05) is 29.3 Å². The second-order valence-electron chi connectivity index (χ2n) is 6.12. The minimum atomic E-state index is -0.210. The fourth-order valence-corrected chi connectivity index (χ4v) is 2.58. The molecule has 2 rings (SSSR count). The fraction of sp³-hybridized carbons (Fsp3) is 0.529. The minimum absolute atomic E-state index is 0.136. The molecule has 136 valence electrons. The number of piperidine rings is 1. The first-order valence-electron chi connectivity index (χ1n) is 8.58. The number of hydrogen-bond donors (Lipinski definition) is 2. The molecule has 0 radical (unpaired) electrons. The Kier molecular flexibility index (Phi) is 7.84. The highest BCUT2D eigenvalue weighted by Gasteiger charge is 2.13. The molecule has 1 saturated heterocycles. The maximum absolute atomic E-state index is 11.8. The fourth-order valence-electron chi connectivity index (χ4n) is 2.58. The molecule has 0 aromatic heterocycles. The highest BCUT2D eigenvalue weighted by molar-refractivity contribution is 6.29. The Morgan fingerprint density at radius 1 is 1.08 bits per heavy atom. The largest absolute Gasteiger partial charge is 0.364 e. The topological polar surface area (TPSA) is 89.4 Å². The molecule has 8 heteroatoms. The Morgan fingerprint density at radius 2 is 1.84 bits per heavy atom. The molecular formula is C17H26N6O2. The van der Waals surface area contributed by atoms with Crippen LogP contribution in [-0.2, 0) is 9.59 Å². The van der Waals surface area contributed by atoms with Crippen LogP contribution in [0.4, 0.5) is 0 Å². The average molecular weight is 346 g/mol. The highest BCUT2D eigenvalue weighted by atomic mass is 16.2. The van der Waals surface area contributed by atoms with E-state index in [9.17, 15) is 9.59 Å². The lowest BCUT2D eigenvalue weighted by Crippen LogP contribution is -2.38. The molecule has 0 aromatic carbocycles. The molecule has 2 amide bonds. The van der Waals surface area contributed by atoms with Crippen LogP contribution in [0.1, 0.15) is 26.2 Å². The van der Waals surface area contributed by atoms with E-state index in [0.717, 1.165) is 25.9 Å². The van der Waals surface area contributed by atoms with Gasteiger partial charge >= 0.3 is 0 Å². The quantitative estimate of drug-likeness (QED) is 0.517. The molecular weight excluding hydrogens is 320 g/mol. The molecule has 0 unspecified atom stereocenters. The summed E-state index contributed by atoms with van der Waals surface area (Å²) in [4.78, 5) is 27.6. The molecule has 0 aliphatic carbocycles. The third-order valence-electron chi connectivity index (χ3n) is 3.84. The first-order valence-corrected chi connectivity index (χ1v) is 8.58. The van der Waals surface area contributed by atoms with Crippen molar-refractivity contribution in [3.63, 3.8) is 0 Å². The molecule has 0 aromatic rings. The van der Waals surface area contributed by atoms with Gasteiger partial charge in [-0.15, -0.1) is 0 Å². The summed E-state index contributed by atoms with van der Waals surface area (Å²) in [6.07, 6.45) is 12.6. The Balaban J connectivity index is 1.64. The Morgan fingerprint density at radius 3 is 2.56 bits per heavy atom. The first kappa shape index (κ1) is 18.9. The zero-order chi connectivity index (χ0) is 17.9. The summed E-state index contributed by atoms with van der Waals surface area (Å²) in [7, 11) is 0. The maximum Gasteiger partial charge on any atom is 0.259 e. The van der Waals surface area contributed by atoms with E-state index in [-0.39, 0.29) is 18.4 Å². The molecule has 0 atom stereocenters. The Hall–Kier alpha value is -2.48. The second-order valence-corrected chi connectivity index (χ2v) is 6.12. The van der Waals surface area contributed by atoms with E-state index >= 15 is 0 Å². The molecule has 2 N–H and O–H groups in total. The molecule has 2 heterocycles. The van der Waals surface area contributed by atoms with Gasteiger partial charge in [0.05, 0.1) is 25.0 Å². The Bertz CT molecular complexity index is 576. The number of nitrogens with one attached hydrogen (secondary N) is 2. The van der Waals surface area contributed by atoms with E-state index in [2.05, 4.69) is 26.0 Å². The number of likely N-dealkylation sites (tertiary alicyclic amines) is 1. The smallest absolute Gasteiger partial charge is 0.259 e. The number of nitrogens with zero attached hydrogens (tertiary/aromatic N) is 4. The highest BCUT2D eigenvalue weighted by Crippen LogP contribution is 2.07. The average Bonchev–Trinajstić information content (AvgIpc) is 2.62. The van der Waals surface area contributed by atoms with Crippen molar-refractivity contribution < 1.29 is 9.59 Å². The van der Waals surface area contributed by atoms with Crippen molar-refractivity contribution >= 4 is 23.7 Å². The summed E-state index contributed by atoms with van der Waals surface area (Å²) < 4.78 is 0. The molecule has 25 heavy (non-hydrogen) atoms. The van der Waals surface area contributed by atoms with Gasteiger partial charge in [-0.05, 0) is 45.1 Å². The van der Waals surface area contributed by atoms with Crippen LogP contribution in [0.5, 0.6) is 0 Å². The number of hydrogen-bond acceptors (Lipinski definition) is 6. The zero-order valence-corrected chi connectivity index (χ0v) is 14.6. The molecule has 1 fully saturated rings. The van der Waals surface area contributed by atoms with Crippen molar-refractivity contribution in [3.8, 4) is 0 Å². The molecule has 0 spiro atoms. The molecule has 8 nitrogen and oxygen atoms in total. The lowest BCUT2D eigenvalue weighted by atomic mass is 10.1. The van der Waals surface area contributed by atoms with Gasteiger partial charge in [-0.25, -0.2) is 10.9 Å². The monoisotopic (exact) mass is 346 g/mol. The molecule has 2 aliphatic rings. The Labute approximate surface area is 148 Å². The SMILES string of the molecule is CC(/C=N/NC(=O)CN1C=CC=CC1)=N\NC(=O)CN1CCCCC1. The van der Waals surface area contributed by atoms with Crippen LogP contribution in [-0.4, -0.2) is 66.3 Å². The van der Waals surface area contributed by atoms with Gasteiger partial charge in [0, 0.05) is 6.54 Å². The van der Waals surface area contributed by atoms with Crippen molar-refractivity contribution in [2.75, 3.05) is 32.7 Å². The number of hydrazone groups is 2. The molecule has 2 aliphatic heterocycles. The third kappa shape index (κ3) is 7.75. The van der Waals surface area contributed by atoms with Gasteiger partial charge in [-0.2, -0.15) is 10.2 Å². The van der Waals surface area contributed by atoms with Crippen molar-refractivity contribution in [1.82, 2.24) is 20.7 Å². The predicted molar refractivity (Wildman–Crippen MR) is 98.0 cm³/mol. The minimum Gasteiger partial charge on any atom is -0.364 e. The zero-order valence-electron chi connectivity index (χ0n) is 14.6. The van der Waals surface area contributed by atoms with Gasteiger partial charge in [0.15, 0.2) is 0 Å². The summed E-state index contributed by atoms with van der Waals surface area (Å²) in [6, 6.07) is 0.